The van der Waals surface area contributed by atoms with E-state index in [9.17, 15) is 26.4 Å². The smallest absolute Gasteiger partial charge is 0.295 e. The fourth-order valence-electron chi connectivity index (χ4n) is 2.16. The molecule has 0 atom stereocenters. The standard InChI is InChI=1S/C17H16F3NO3S/c1-12(22)14-3-2-4-16(11-14)25(23,24)21-10-9-13-5-7-15(8-6-13)17(18,19)20/h2-8,11,21H,9-10H2,1H3. The van der Waals surface area contributed by atoms with Crippen LogP contribution in [0, 0.1) is 0 Å². The number of halogens is 3. The first-order valence-corrected chi connectivity index (χ1v) is 8.85. The fraction of sp³-hybridized carbons (Fsp3) is 0.235. The molecule has 2 aromatic rings. The molecule has 2 rings (SSSR count). The predicted molar refractivity (Wildman–Crippen MR) is 86.8 cm³/mol. The molecule has 0 saturated carbocycles. The maximum atomic E-state index is 12.5. The molecule has 1 N–H and O–H groups in total. The van der Waals surface area contributed by atoms with E-state index in [1.165, 1.54) is 43.3 Å². The number of ketones is 1. The molecule has 2 aromatic carbocycles. The van der Waals surface area contributed by atoms with Crippen molar-refractivity contribution in [1.29, 1.82) is 0 Å². The van der Waals surface area contributed by atoms with Crippen molar-refractivity contribution in [2.45, 2.75) is 24.4 Å². The molecule has 0 saturated heterocycles. The van der Waals surface area contributed by atoms with E-state index in [0.717, 1.165) is 12.1 Å². The van der Waals surface area contributed by atoms with Gasteiger partial charge in [0.05, 0.1) is 10.5 Å². The molecular weight excluding hydrogens is 355 g/mol. The molecular formula is C17H16F3NO3S. The van der Waals surface area contributed by atoms with E-state index >= 15 is 0 Å². The van der Waals surface area contributed by atoms with Crippen molar-refractivity contribution < 1.29 is 26.4 Å². The van der Waals surface area contributed by atoms with Crippen LogP contribution in [0.25, 0.3) is 0 Å². The Morgan fingerprint density at radius 2 is 1.72 bits per heavy atom. The predicted octanol–water partition coefficient (Wildman–Crippen LogP) is 3.43. The number of sulfonamides is 1. The molecule has 0 heterocycles. The monoisotopic (exact) mass is 371 g/mol. The molecule has 25 heavy (non-hydrogen) atoms. The summed E-state index contributed by atoms with van der Waals surface area (Å²) in [6.07, 6.45) is -4.16. The van der Waals surface area contributed by atoms with Crippen molar-refractivity contribution in [3.8, 4) is 0 Å². The minimum atomic E-state index is -4.40. The van der Waals surface area contributed by atoms with E-state index < -0.39 is 21.8 Å². The van der Waals surface area contributed by atoms with E-state index in [-0.39, 0.29) is 29.2 Å². The van der Waals surface area contributed by atoms with Gasteiger partial charge in [-0.1, -0.05) is 24.3 Å². The van der Waals surface area contributed by atoms with Gasteiger partial charge in [-0.05, 0) is 43.2 Å². The van der Waals surface area contributed by atoms with Gasteiger partial charge < -0.3 is 0 Å². The fourth-order valence-corrected chi connectivity index (χ4v) is 3.23. The van der Waals surface area contributed by atoms with Crippen LogP contribution in [0.15, 0.2) is 53.4 Å². The molecule has 8 heteroatoms. The molecule has 0 aliphatic heterocycles. The summed E-state index contributed by atoms with van der Waals surface area (Å²) in [4.78, 5) is 11.3. The number of hydrogen-bond acceptors (Lipinski definition) is 3. The molecule has 0 bridgehead atoms. The number of benzene rings is 2. The summed E-state index contributed by atoms with van der Waals surface area (Å²) in [5.41, 5.74) is 0.108. The lowest BCUT2D eigenvalue weighted by Gasteiger charge is -2.09. The number of carbonyl (C=O) groups is 1. The molecule has 0 aliphatic rings. The first kappa shape index (κ1) is 19.1. The zero-order chi connectivity index (χ0) is 18.7. The van der Waals surface area contributed by atoms with Crippen LogP contribution in [0.4, 0.5) is 13.2 Å². The van der Waals surface area contributed by atoms with Gasteiger partial charge in [0.25, 0.3) is 0 Å². The van der Waals surface area contributed by atoms with Crippen LogP contribution in [-0.4, -0.2) is 20.7 Å². The molecule has 0 aliphatic carbocycles. The van der Waals surface area contributed by atoms with Gasteiger partial charge in [0.15, 0.2) is 5.78 Å². The third kappa shape index (κ3) is 5.14. The summed E-state index contributed by atoms with van der Waals surface area (Å²) >= 11 is 0. The van der Waals surface area contributed by atoms with Crippen LogP contribution in [0.3, 0.4) is 0 Å². The zero-order valence-corrected chi connectivity index (χ0v) is 14.1. The number of nitrogens with one attached hydrogen (secondary N) is 1. The summed E-state index contributed by atoms with van der Waals surface area (Å²) < 4.78 is 64.3. The van der Waals surface area contributed by atoms with E-state index in [1.807, 2.05) is 0 Å². The largest absolute Gasteiger partial charge is 0.416 e. The minimum Gasteiger partial charge on any atom is -0.295 e. The maximum absolute atomic E-state index is 12.5. The summed E-state index contributed by atoms with van der Waals surface area (Å²) in [7, 11) is -3.80. The quantitative estimate of drug-likeness (QED) is 0.792. The normalized spacial score (nSPS) is 12.2. The van der Waals surface area contributed by atoms with Gasteiger partial charge in [-0.25, -0.2) is 13.1 Å². The summed E-state index contributed by atoms with van der Waals surface area (Å²) in [6, 6.07) is 10.2. The van der Waals surface area contributed by atoms with Gasteiger partial charge >= 0.3 is 6.18 Å². The van der Waals surface area contributed by atoms with Crippen molar-refractivity contribution in [2.24, 2.45) is 0 Å². The van der Waals surface area contributed by atoms with Crippen molar-refractivity contribution >= 4 is 15.8 Å². The highest BCUT2D eigenvalue weighted by molar-refractivity contribution is 7.89. The van der Waals surface area contributed by atoms with Crippen LogP contribution < -0.4 is 4.72 Å². The Kier molecular flexibility index (Phi) is 5.64. The zero-order valence-electron chi connectivity index (χ0n) is 13.3. The Bertz CT molecular complexity index is 859. The highest BCUT2D eigenvalue weighted by Crippen LogP contribution is 2.29. The van der Waals surface area contributed by atoms with Gasteiger partial charge in [-0.3, -0.25) is 4.79 Å². The maximum Gasteiger partial charge on any atom is 0.416 e. The molecule has 0 spiro atoms. The lowest BCUT2D eigenvalue weighted by atomic mass is 10.1. The molecule has 4 nitrogen and oxygen atoms in total. The van der Waals surface area contributed by atoms with Gasteiger partial charge in [-0.2, -0.15) is 13.2 Å². The second-order valence-corrected chi connectivity index (χ2v) is 7.19. The Balaban J connectivity index is 2.01. The van der Waals surface area contributed by atoms with Crippen molar-refractivity contribution in [2.75, 3.05) is 6.54 Å². The van der Waals surface area contributed by atoms with Crippen molar-refractivity contribution in [3.63, 3.8) is 0 Å². The number of Topliss-reactive ketones (excluding diaryl/α,β-unsaturated/α-hetero) is 1. The Labute approximate surface area is 143 Å². The summed E-state index contributed by atoms with van der Waals surface area (Å²) in [6.45, 7) is 1.36. The first-order valence-electron chi connectivity index (χ1n) is 7.36. The topological polar surface area (TPSA) is 63.2 Å². The molecule has 0 fully saturated rings. The van der Waals surface area contributed by atoms with Crippen LogP contribution in [0.2, 0.25) is 0 Å². The molecule has 0 amide bonds. The second kappa shape index (κ2) is 7.37. The van der Waals surface area contributed by atoms with Crippen molar-refractivity contribution in [1.82, 2.24) is 4.72 Å². The number of carbonyl (C=O) groups excluding carboxylic acids is 1. The molecule has 0 unspecified atom stereocenters. The van der Waals surface area contributed by atoms with Gasteiger partial charge in [0.1, 0.15) is 0 Å². The minimum absolute atomic E-state index is 0.0258. The lowest BCUT2D eigenvalue weighted by Crippen LogP contribution is -2.26. The number of alkyl halides is 3. The number of hydrogen-bond donors (Lipinski definition) is 1. The lowest BCUT2D eigenvalue weighted by molar-refractivity contribution is -0.137. The summed E-state index contributed by atoms with van der Waals surface area (Å²) in [5.74, 6) is -0.248. The first-order chi connectivity index (χ1) is 11.6. The highest BCUT2D eigenvalue weighted by atomic mass is 32.2. The highest BCUT2D eigenvalue weighted by Gasteiger charge is 2.29. The SMILES string of the molecule is CC(=O)c1cccc(S(=O)(=O)NCCc2ccc(C(F)(F)F)cc2)c1. The van der Waals surface area contributed by atoms with Crippen LogP contribution in [-0.2, 0) is 22.6 Å². The average Bonchev–Trinajstić information content (AvgIpc) is 2.54. The number of rotatable bonds is 6. The average molecular weight is 371 g/mol. The van der Waals surface area contributed by atoms with E-state index in [2.05, 4.69) is 4.72 Å². The van der Waals surface area contributed by atoms with Crippen LogP contribution >= 0.6 is 0 Å². The molecule has 0 aromatic heterocycles. The van der Waals surface area contributed by atoms with E-state index in [0.29, 0.717) is 5.56 Å². The Morgan fingerprint density at radius 3 is 2.28 bits per heavy atom. The van der Waals surface area contributed by atoms with E-state index in [1.54, 1.807) is 0 Å². The Morgan fingerprint density at radius 1 is 1.08 bits per heavy atom. The molecule has 0 radical (unpaired) electrons. The van der Waals surface area contributed by atoms with Crippen LogP contribution in [0.1, 0.15) is 28.4 Å². The van der Waals surface area contributed by atoms with Gasteiger partial charge in [-0.15, -0.1) is 0 Å². The Hall–Kier alpha value is -2.19. The van der Waals surface area contributed by atoms with Gasteiger partial charge in [0.2, 0.25) is 10.0 Å². The van der Waals surface area contributed by atoms with Crippen molar-refractivity contribution in [3.05, 3.63) is 65.2 Å². The third-order valence-corrected chi connectivity index (χ3v) is 5.00. The van der Waals surface area contributed by atoms with E-state index in [4.69, 9.17) is 0 Å². The third-order valence-electron chi connectivity index (χ3n) is 3.54. The van der Waals surface area contributed by atoms with Gasteiger partial charge in [0, 0.05) is 12.1 Å². The summed E-state index contributed by atoms with van der Waals surface area (Å²) in [5, 5.41) is 0. The second-order valence-electron chi connectivity index (χ2n) is 5.43. The van der Waals surface area contributed by atoms with Crippen LogP contribution in [0.5, 0.6) is 0 Å². The molecule has 134 valence electrons.